The second-order valence-corrected chi connectivity index (χ2v) is 3.25. The lowest BCUT2D eigenvalue weighted by molar-refractivity contribution is 0.0964. The molecule has 0 bridgehead atoms. The third-order valence-corrected chi connectivity index (χ3v) is 2.37. The van der Waals surface area contributed by atoms with Crippen LogP contribution in [0.2, 0.25) is 0 Å². The second kappa shape index (κ2) is 5.32. The van der Waals surface area contributed by atoms with E-state index in [1.165, 1.54) is 0 Å². The maximum absolute atomic E-state index is 11.5. The van der Waals surface area contributed by atoms with Gasteiger partial charge < -0.3 is 15.0 Å². The summed E-state index contributed by atoms with van der Waals surface area (Å²) in [4.78, 5) is 11.5. The zero-order valence-electron chi connectivity index (χ0n) is 9.69. The lowest BCUT2D eigenvalue weighted by atomic mass is 10.2. The van der Waals surface area contributed by atoms with E-state index in [4.69, 9.17) is 5.11 Å². The van der Waals surface area contributed by atoms with Gasteiger partial charge in [0.2, 0.25) is 0 Å². The van der Waals surface area contributed by atoms with Crippen LogP contribution in [-0.4, -0.2) is 29.7 Å². The molecule has 0 fully saturated rings. The Hall–Kier alpha value is -1.81. The first kappa shape index (κ1) is 12.3. The van der Waals surface area contributed by atoms with E-state index >= 15 is 0 Å². The second-order valence-electron chi connectivity index (χ2n) is 3.25. The molecule has 1 aromatic carbocycles. The fraction of sp³-hybridized carbons (Fsp3) is 0.250. The minimum Gasteiger partial charge on any atom is -0.400 e. The molecule has 0 aliphatic carbocycles. The predicted octanol–water partition coefficient (Wildman–Crippen LogP) is 1.15. The van der Waals surface area contributed by atoms with E-state index in [1.54, 1.807) is 7.05 Å². The zero-order valence-corrected chi connectivity index (χ0v) is 9.69. The summed E-state index contributed by atoms with van der Waals surface area (Å²) in [5, 5.41) is 10.6. The number of carbonyl (C=O) groups excluding carboxylic acids is 1. The number of benzene rings is 1. The molecule has 0 atom stereocenters. The van der Waals surface area contributed by atoms with Crippen LogP contribution in [0.4, 0.5) is 0 Å². The molecular formula is C12H16N2O2. The summed E-state index contributed by atoms with van der Waals surface area (Å²) >= 11 is 0. The Kier molecular flexibility index (Phi) is 4.08. The summed E-state index contributed by atoms with van der Waals surface area (Å²) in [6.45, 7) is 0. The van der Waals surface area contributed by atoms with Crippen molar-refractivity contribution < 1.29 is 9.90 Å². The van der Waals surface area contributed by atoms with Crippen molar-refractivity contribution in [2.24, 2.45) is 7.05 Å². The highest BCUT2D eigenvalue weighted by atomic mass is 16.2. The van der Waals surface area contributed by atoms with Crippen LogP contribution in [0, 0.1) is 0 Å². The molecule has 0 unspecified atom stereocenters. The monoisotopic (exact) mass is 220 g/mol. The average Bonchev–Trinajstić information content (AvgIpc) is 2.69. The number of hydrogen-bond donors (Lipinski definition) is 2. The molecule has 2 rings (SSSR count). The predicted molar refractivity (Wildman–Crippen MR) is 64.5 cm³/mol. The van der Waals surface area contributed by atoms with Crippen molar-refractivity contribution in [3.63, 3.8) is 0 Å². The summed E-state index contributed by atoms with van der Waals surface area (Å²) in [5.74, 6) is -0.0400. The van der Waals surface area contributed by atoms with Gasteiger partial charge in [0.1, 0.15) is 0 Å². The number of aryl methyl sites for hydroxylation is 1. The minimum atomic E-state index is -0.0400. The number of nitrogens with zero attached hydrogens (tertiary/aromatic N) is 1. The van der Waals surface area contributed by atoms with Crippen molar-refractivity contribution in [3.05, 3.63) is 36.0 Å². The quantitative estimate of drug-likeness (QED) is 0.757. The van der Waals surface area contributed by atoms with E-state index in [1.807, 2.05) is 42.1 Å². The summed E-state index contributed by atoms with van der Waals surface area (Å²) in [5.41, 5.74) is 1.80. The van der Waals surface area contributed by atoms with Gasteiger partial charge in [-0.2, -0.15) is 0 Å². The Morgan fingerprint density at radius 2 is 1.94 bits per heavy atom. The van der Waals surface area contributed by atoms with Gasteiger partial charge in [-0.25, -0.2) is 0 Å². The van der Waals surface area contributed by atoms with Crippen molar-refractivity contribution in [2.45, 2.75) is 0 Å². The van der Waals surface area contributed by atoms with Gasteiger partial charge in [-0.05, 0) is 6.07 Å². The Bertz CT molecular complexity index is 489. The number of amides is 1. The van der Waals surface area contributed by atoms with Crippen molar-refractivity contribution in [1.82, 2.24) is 9.88 Å². The Labute approximate surface area is 94.5 Å². The van der Waals surface area contributed by atoms with E-state index in [9.17, 15) is 4.79 Å². The maximum Gasteiger partial charge on any atom is 0.253 e. The van der Waals surface area contributed by atoms with Crippen molar-refractivity contribution >= 4 is 16.8 Å². The molecule has 0 saturated heterocycles. The number of rotatable bonds is 1. The number of hydrogen-bond acceptors (Lipinski definition) is 2. The van der Waals surface area contributed by atoms with Gasteiger partial charge >= 0.3 is 0 Å². The molecule has 1 amide bonds. The van der Waals surface area contributed by atoms with E-state index in [0.29, 0.717) is 0 Å². The smallest absolute Gasteiger partial charge is 0.253 e. The van der Waals surface area contributed by atoms with Crippen LogP contribution in [0.1, 0.15) is 10.4 Å². The fourth-order valence-electron chi connectivity index (χ4n) is 1.66. The van der Waals surface area contributed by atoms with Gasteiger partial charge in [0.15, 0.2) is 0 Å². The Morgan fingerprint density at radius 1 is 1.31 bits per heavy atom. The molecule has 0 aliphatic rings. The van der Waals surface area contributed by atoms with Gasteiger partial charge in [0, 0.05) is 38.3 Å². The van der Waals surface area contributed by atoms with Crippen LogP contribution in [0.15, 0.2) is 30.5 Å². The van der Waals surface area contributed by atoms with Gasteiger partial charge in [0.25, 0.3) is 5.91 Å². The zero-order chi connectivity index (χ0) is 12.1. The van der Waals surface area contributed by atoms with Crippen LogP contribution in [0.3, 0.4) is 0 Å². The first-order valence-corrected chi connectivity index (χ1v) is 4.95. The SMILES string of the molecule is CNC(=O)c1cn(C)c2ccccc12.CO. The highest BCUT2D eigenvalue weighted by Gasteiger charge is 2.11. The van der Waals surface area contributed by atoms with Crippen molar-refractivity contribution in [1.29, 1.82) is 0 Å². The highest BCUT2D eigenvalue weighted by Crippen LogP contribution is 2.19. The maximum atomic E-state index is 11.5. The summed E-state index contributed by atoms with van der Waals surface area (Å²) in [6, 6.07) is 7.87. The van der Waals surface area contributed by atoms with Gasteiger partial charge in [0.05, 0.1) is 5.56 Å². The van der Waals surface area contributed by atoms with Crippen LogP contribution in [-0.2, 0) is 7.05 Å². The molecule has 0 saturated carbocycles. The van der Waals surface area contributed by atoms with Gasteiger partial charge in [-0.15, -0.1) is 0 Å². The first-order valence-electron chi connectivity index (χ1n) is 4.95. The molecule has 16 heavy (non-hydrogen) atoms. The van der Waals surface area contributed by atoms with Crippen LogP contribution in [0.5, 0.6) is 0 Å². The van der Waals surface area contributed by atoms with Gasteiger partial charge in [-0.3, -0.25) is 4.79 Å². The number of nitrogens with one attached hydrogen (secondary N) is 1. The van der Waals surface area contributed by atoms with Crippen molar-refractivity contribution in [2.75, 3.05) is 14.2 Å². The molecule has 2 aromatic rings. The largest absolute Gasteiger partial charge is 0.400 e. The normalized spacial score (nSPS) is 9.50. The minimum absolute atomic E-state index is 0.0400. The van der Waals surface area contributed by atoms with Crippen LogP contribution < -0.4 is 5.32 Å². The lowest BCUT2D eigenvalue weighted by Gasteiger charge is -1.95. The van der Waals surface area contributed by atoms with Crippen LogP contribution >= 0.6 is 0 Å². The summed E-state index contributed by atoms with van der Waals surface area (Å²) < 4.78 is 1.96. The fourth-order valence-corrected chi connectivity index (χ4v) is 1.66. The van der Waals surface area contributed by atoms with Crippen molar-refractivity contribution in [3.8, 4) is 0 Å². The molecule has 0 radical (unpaired) electrons. The molecule has 1 aromatic heterocycles. The van der Waals surface area contributed by atoms with E-state index in [2.05, 4.69) is 5.32 Å². The summed E-state index contributed by atoms with van der Waals surface area (Å²) in [6.07, 6.45) is 1.85. The number of para-hydroxylation sites is 1. The van der Waals surface area contributed by atoms with E-state index in [-0.39, 0.29) is 5.91 Å². The average molecular weight is 220 g/mol. The molecule has 4 heteroatoms. The lowest BCUT2D eigenvalue weighted by Crippen LogP contribution is -2.17. The molecule has 86 valence electrons. The molecule has 2 N–H and O–H groups in total. The Balaban J connectivity index is 0.000000606. The number of aliphatic hydroxyl groups is 1. The standard InChI is InChI=1S/C11H12N2O.CH4O/c1-12-11(14)9-7-13(2)10-6-4-3-5-8(9)10;1-2/h3-7H,1-2H3,(H,12,14);2H,1H3. The van der Waals surface area contributed by atoms with Gasteiger partial charge in [-0.1, -0.05) is 18.2 Å². The first-order chi connectivity index (χ1) is 7.74. The topological polar surface area (TPSA) is 54.3 Å². The number of aromatic nitrogens is 1. The summed E-state index contributed by atoms with van der Waals surface area (Å²) in [7, 11) is 4.58. The molecule has 1 heterocycles. The number of fused-ring (bicyclic) bond motifs is 1. The number of aliphatic hydroxyl groups excluding tert-OH is 1. The number of carbonyl (C=O) groups is 1. The van der Waals surface area contributed by atoms with Crippen LogP contribution in [0.25, 0.3) is 10.9 Å². The molecule has 0 aliphatic heterocycles. The highest BCUT2D eigenvalue weighted by molar-refractivity contribution is 6.06. The molecular weight excluding hydrogens is 204 g/mol. The third kappa shape index (κ3) is 2.06. The van der Waals surface area contributed by atoms with E-state index < -0.39 is 0 Å². The Morgan fingerprint density at radius 3 is 2.56 bits per heavy atom. The molecule has 0 spiro atoms. The van der Waals surface area contributed by atoms with E-state index in [0.717, 1.165) is 23.6 Å². The third-order valence-electron chi connectivity index (χ3n) is 2.37. The molecule has 4 nitrogen and oxygen atoms in total.